The van der Waals surface area contributed by atoms with Crippen LogP contribution in [0.3, 0.4) is 0 Å². The lowest BCUT2D eigenvalue weighted by molar-refractivity contribution is -0.130. The molecule has 1 aromatic heterocycles. The number of nitrogens with zero attached hydrogens (tertiary/aromatic N) is 3. The molecule has 162 valence electrons. The quantitative estimate of drug-likeness (QED) is 0.752. The van der Waals surface area contributed by atoms with Crippen LogP contribution in [0, 0.1) is 13.8 Å². The molecule has 2 amide bonds. The summed E-state index contributed by atoms with van der Waals surface area (Å²) >= 11 is 0. The average molecular weight is 415 g/mol. The van der Waals surface area contributed by atoms with Gasteiger partial charge in [0, 0.05) is 50.7 Å². The van der Waals surface area contributed by atoms with Crippen molar-refractivity contribution in [2.75, 3.05) is 26.7 Å². The van der Waals surface area contributed by atoms with Crippen molar-refractivity contribution in [2.45, 2.75) is 46.3 Å². The molecule has 8 nitrogen and oxygen atoms in total. The zero-order valence-corrected chi connectivity index (χ0v) is 18.1. The van der Waals surface area contributed by atoms with E-state index in [9.17, 15) is 9.59 Å². The molecule has 0 spiro atoms. The molecule has 1 aliphatic rings. The van der Waals surface area contributed by atoms with Gasteiger partial charge < -0.3 is 19.7 Å². The van der Waals surface area contributed by atoms with Crippen molar-refractivity contribution in [2.24, 2.45) is 0 Å². The predicted octanol–water partition coefficient (Wildman–Crippen LogP) is 2.33. The molecule has 0 unspecified atom stereocenters. The number of rotatable bonds is 7. The molecule has 0 saturated carbocycles. The van der Waals surface area contributed by atoms with Crippen LogP contribution in [0.15, 0.2) is 24.3 Å². The number of nitrogens with one attached hydrogen (secondary N) is 1. The highest BCUT2D eigenvalue weighted by Crippen LogP contribution is 2.30. The fourth-order valence-corrected chi connectivity index (χ4v) is 3.65. The maximum absolute atomic E-state index is 12.5. The first-order valence-corrected chi connectivity index (χ1v) is 10.3. The molecule has 8 heteroatoms. The van der Waals surface area contributed by atoms with Gasteiger partial charge in [0.1, 0.15) is 6.10 Å². The lowest BCUT2D eigenvalue weighted by Crippen LogP contribution is -2.40. The van der Waals surface area contributed by atoms with Crippen LogP contribution in [0.4, 0.5) is 0 Å². The molecule has 2 aromatic rings. The number of carbonyl (C=O) groups excluding carboxylic acids is 2. The van der Waals surface area contributed by atoms with E-state index in [1.165, 1.54) is 0 Å². The summed E-state index contributed by atoms with van der Waals surface area (Å²) in [7, 11) is 1.56. The lowest BCUT2D eigenvalue weighted by Gasteiger charge is -2.31. The van der Waals surface area contributed by atoms with E-state index in [1.807, 2.05) is 29.5 Å². The Labute approximate surface area is 177 Å². The minimum atomic E-state index is -0.170. The Bertz CT molecular complexity index is 901. The van der Waals surface area contributed by atoms with Gasteiger partial charge in [0.15, 0.2) is 11.5 Å². The van der Waals surface area contributed by atoms with Gasteiger partial charge in [-0.25, -0.2) is 0 Å². The number of aryl methyl sites for hydroxylation is 2. The first-order chi connectivity index (χ1) is 14.4. The van der Waals surface area contributed by atoms with Gasteiger partial charge in [-0.1, -0.05) is 0 Å². The third-order valence-corrected chi connectivity index (χ3v) is 5.32. The number of amides is 2. The SMILES string of the molecule is COc1cc(C(=O)NCCn2nc(C)cc2C)ccc1OC1CCN(C(C)=O)CC1. The summed E-state index contributed by atoms with van der Waals surface area (Å²) in [6, 6.07) is 7.21. The number of likely N-dealkylation sites (tertiary alicyclic amines) is 1. The van der Waals surface area contributed by atoms with Crippen LogP contribution in [0.1, 0.15) is 41.5 Å². The van der Waals surface area contributed by atoms with E-state index in [0.717, 1.165) is 24.2 Å². The van der Waals surface area contributed by atoms with Gasteiger partial charge in [0.2, 0.25) is 5.91 Å². The van der Waals surface area contributed by atoms with Crippen LogP contribution in [-0.2, 0) is 11.3 Å². The number of hydrogen-bond acceptors (Lipinski definition) is 5. The highest BCUT2D eigenvalue weighted by Gasteiger charge is 2.23. The summed E-state index contributed by atoms with van der Waals surface area (Å²) in [5.41, 5.74) is 2.55. The zero-order chi connectivity index (χ0) is 21.7. The lowest BCUT2D eigenvalue weighted by atomic mass is 10.1. The third kappa shape index (κ3) is 5.31. The maximum Gasteiger partial charge on any atom is 0.251 e. The van der Waals surface area contributed by atoms with E-state index in [4.69, 9.17) is 9.47 Å². The number of carbonyl (C=O) groups is 2. The van der Waals surface area contributed by atoms with Crippen molar-refractivity contribution in [1.82, 2.24) is 20.0 Å². The maximum atomic E-state index is 12.5. The fourth-order valence-electron chi connectivity index (χ4n) is 3.65. The topological polar surface area (TPSA) is 85.7 Å². The number of hydrogen-bond donors (Lipinski definition) is 1. The molecule has 0 radical (unpaired) electrons. The second-order valence-electron chi connectivity index (χ2n) is 7.60. The van der Waals surface area contributed by atoms with E-state index in [-0.39, 0.29) is 17.9 Å². The molecule has 1 saturated heterocycles. The van der Waals surface area contributed by atoms with Crippen LogP contribution >= 0.6 is 0 Å². The molecule has 1 aromatic carbocycles. The molecule has 30 heavy (non-hydrogen) atoms. The zero-order valence-electron chi connectivity index (χ0n) is 18.1. The van der Waals surface area contributed by atoms with Crippen LogP contribution < -0.4 is 14.8 Å². The van der Waals surface area contributed by atoms with Gasteiger partial charge in [-0.3, -0.25) is 14.3 Å². The summed E-state index contributed by atoms with van der Waals surface area (Å²) in [4.78, 5) is 25.8. The predicted molar refractivity (Wildman–Crippen MR) is 113 cm³/mol. The van der Waals surface area contributed by atoms with E-state index < -0.39 is 0 Å². The molecule has 3 rings (SSSR count). The van der Waals surface area contributed by atoms with E-state index in [1.54, 1.807) is 32.2 Å². The fraction of sp³-hybridized carbons (Fsp3) is 0.500. The van der Waals surface area contributed by atoms with Crippen LogP contribution in [-0.4, -0.2) is 59.3 Å². The number of aromatic nitrogens is 2. The van der Waals surface area contributed by atoms with Gasteiger partial charge >= 0.3 is 0 Å². The molecule has 0 aliphatic carbocycles. The second kappa shape index (κ2) is 9.65. The molecule has 2 heterocycles. The summed E-state index contributed by atoms with van der Waals surface area (Å²) in [6.07, 6.45) is 1.57. The third-order valence-electron chi connectivity index (χ3n) is 5.32. The Balaban J connectivity index is 1.56. The Hall–Kier alpha value is -3.03. The number of benzene rings is 1. The smallest absolute Gasteiger partial charge is 0.251 e. The molecule has 1 aliphatic heterocycles. The van der Waals surface area contributed by atoms with Crippen molar-refractivity contribution in [1.29, 1.82) is 0 Å². The summed E-state index contributed by atoms with van der Waals surface area (Å²) in [5, 5.41) is 7.31. The number of piperidine rings is 1. The van der Waals surface area contributed by atoms with Crippen LogP contribution in [0.5, 0.6) is 11.5 Å². The number of methoxy groups -OCH3 is 1. The monoisotopic (exact) mass is 414 g/mol. The van der Waals surface area contributed by atoms with Crippen molar-refractivity contribution in [3.8, 4) is 11.5 Å². The second-order valence-corrected chi connectivity index (χ2v) is 7.60. The van der Waals surface area contributed by atoms with Crippen LogP contribution in [0.2, 0.25) is 0 Å². The van der Waals surface area contributed by atoms with Crippen molar-refractivity contribution in [3.05, 3.63) is 41.2 Å². The summed E-state index contributed by atoms with van der Waals surface area (Å²) in [6.45, 7) is 8.01. The van der Waals surface area contributed by atoms with Crippen molar-refractivity contribution < 1.29 is 19.1 Å². The Kier molecular flexibility index (Phi) is 6.97. The highest BCUT2D eigenvalue weighted by atomic mass is 16.5. The highest BCUT2D eigenvalue weighted by molar-refractivity contribution is 5.94. The van der Waals surface area contributed by atoms with Gasteiger partial charge in [0.05, 0.1) is 19.3 Å². The van der Waals surface area contributed by atoms with Crippen molar-refractivity contribution >= 4 is 11.8 Å². The van der Waals surface area contributed by atoms with Gasteiger partial charge in [-0.05, 0) is 38.1 Å². The average Bonchev–Trinajstić information content (AvgIpc) is 3.05. The summed E-state index contributed by atoms with van der Waals surface area (Å²) < 4.78 is 13.4. The molecule has 0 bridgehead atoms. The van der Waals surface area contributed by atoms with Gasteiger partial charge in [0.25, 0.3) is 5.91 Å². The van der Waals surface area contributed by atoms with Crippen LogP contribution in [0.25, 0.3) is 0 Å². The molecule has 1 fully saturated rings. The number of ether oxygens (including phenoxy) is 2. The molecular weight excluding hydrogens is 384 g/mol. The standard InChI is InChI=1S/C22H30N4O4/c1-15-13-16(2)26(24-15)12-9-23-22(28)18-5-6-20(21(14-18)29-4)30-19-7-10-25(11-8-19)17(3)27/h5-6,13-14,19H,7-12H2,1-4H3,(H,23,28). The Morgan fingerprint density at radius 3 is 2.50 bits per heavy atom. The van der Waals surface area contributed by atoms with E-state index in [0.29, 0.717) is 43.2 Å². The molecular formula is C22H30N4O4. The largest absolute Gasteiger partial charge is 0.493 e. The molecule has 0 atom stereocenters. The van der Waals surface area contributed by atoms with E-state index in [2.05, 4.69) is 10.4 Å². The van der Waals surface area contributed by atoms with Gasteiger partial charge in [-0.15, -0.1) is 0 Å². The first-order valence-electron chi connectivity index (χ1n) is 10.3. The minimum Gasteiger partial charge on any atom is -0.493 e. The first kappa shape index (κ1) is 21.7. The van der Waals surface area contributed by atoms with Crippen molar-refractivity contribution in [3.63, 3.8) is 0 Å². The summed E-state index contributed by atoms with van der Waals surface area (Å²) in [5.74, 6) is 1.06. The Morgan fingerprint density at radius 1 is 1.17 bits per heavy atom. The van der Waals surface area contributed by atoms with Gasteiger partial charge in [-0.2, -0.15) is 5.10 Å². The minimum absolute atomic E-state index is 0.0231. The molecule has 1 N–H and O–H groups in total. The van der Waals surface area contributed by atoms with E-state index >= 15 is 0 Å². The Morgan fingerprint density at radius 2 is 1.90 bits per heavy atom. The normalized spacial score (nSPS) is 14.5.